The molecule has 0 amide bonds. The first-order chi connectivity index (χ1) is 8.31. The van der Waals surface area contributed by atoms with E-state index in [1.807, 2.05) is 4.90 Å². The third-order valence-electron chi connectivity index (χ3n) is 2.31. The van der Waals surface area contributed by atoms with Gasteiger partial charge in [0.15, 0.2) is 0 Å². The molecule has 1 rings (SSSR count). The molecule has 0 aliphatic rings. The average molecular weight is 228 g/mol. The van der Waals surface area contributed by atoms with Crippen molar-refractivity contribution in [3.8, 4) is 12.1 Å². The molecule has 0 spiro atoms. The molecule has 0 bridgehead atoms. The summed E-state index contributed by atoms with van der Waals surface area (Å²) in [5, 5.41) is 20.0. The van der Waals surface area contributed by atoms with E-state index in [1.165, 1.54) is 0 Å². The van der Waals surface area contributed by atoms with Gasteiger partial charge < -0.3 is 4.90 Å². The van der Waals surface area contributed by atoms with Gasteiger partial charge in [0.1, 0.15) is 5.69 Å². The highest BCUT2D eigenvalue weighted by Gasteiger charge is 2.05. The zero-order chi connectivity index (χ0) is 12.5. The van der Waals surface area contributed by atoms with Crippen LogP contribution in [0.5, 0.6) is 0 Å². The summed E-state index contributed by atoms with van der Waals surface area (Å²) in [7, 11) is 0. The summed E-state index contributed by atoms with van der Waals surface area (Å²) in [4.78, 5) is 12.2. The zero-order valence-corrected chi connectivity index (χ0v) is 9.33. The Bertz CT molecular complexity index is 423. The number of nitriles is 2. The minimum Gasteiger partial charge on any atom is -0.369 e. The van der Waals surface area contributed by atoms with Crippen LogP contribution in [-0.4, -0.2) is 13.1 Å². The lowest BCUT2D eigenvalue weighted by Gasteiger charge is -2.22. The predicted molar refractivity (Wildman–Crippen MR) is 64.6 cm³/mol. The lowest BCUT2D eigenvalue weighted by Crippen LogP contribution is -2.25. The number of hydrogen-bond acceptors (Lipinski definition) is 5. The SMILES string of the molecule is N#CCCN(CCC#N)c1ccc(N=O)cc1. The van der Waals surface area contributed by atoms with Crippen molar-refractivity contribution in [1.82, 2.24) is 0 Å². The normalized spacial score (nSPS) is 9.06. The second-order valence-corrected chi connectivity index (χ2v) is 3.41. The fourth-order valence-electron chi connectivity index (χ4n) is 1.46. The Hall–Kier alpha value is -2.40. The quantitative estimate of drug-likeness (QED) is 0.701. The second-order valence-electron chi connectivity index (χ2n) is 3.41. The minimum atomic E-state index is 0.370. The number of rotatable bonds is 6. The molecule has 0 fully saturated rings. The van der Waals surface area contributed by atoms with Crippen molar-refractivity contribution < 1.29 is 0 Å². The summed E-state index contributed by atoms with van der Waals surface area (Å²) in [6, 6.07) is 10.9. The van der Waals surface area contributed by atoms with Gasteiger partial charge in [0, 0.05) is 18.8 Å². The first-order valence-electron chi connectivity index (χ1n) is 5.24. The van der Waals surface area contributed by atoms with Gasteiger partial charge in [-0.2, -0.15) is 10.5 Å². The van der Waals surface area contributed by atoms with Gasteiger partial charge in [-0.15, -0.1) is 4.91 Å². The van der Waals surface area contributed by atoms with Gasteiger partial charge in [0.05, 0.1) is 25.0 Å². The maximum absolute atomic E-state index is 10.3. The van der Waals surface area contributed by atoms with E-state index >= 15 is 0 Å². The van der Waals surface area contributed by atoms with Crippen LogP contribution >= 0.6 is 0 Å². The maximum Gasteiger partial charge on any atom is 0.108 e. The highest BCUT2D eigenvalue weighted by atomic mass is 16.3. The van der Waals surface area contributed by atoms with Crippen molar-refractivity contribution in [2.24, 2.45) is 5.18 Å². The molecule has 0 saturated heterocycles. The molecule has 0 radical (unpaired) electrons. The monoisotopic (exact) mass is 228 g/mol. The maximum atomic E-state index is 10.3. The summed E-state index contributed by atoms with van der Waals surface area (Å²) >= 11 is 0. The average Bonchev–Trinajstić information content (AvgIpc) is 2.39. The molecule has 0 heterocycles. The first kappa shape index (κ1) is 12.7. The molecule has 5 heteroatoms. The Balaban J connectivity index is 2.76. The van der Waals surface area contributed by atoms with E-state index in [9.17, 15) is 4.91 Å². The van der Waals surface area contributed by atoms with Crippen LogP contribution in [0.2, 0.25) is 0 Å². The molecular formula is C12H12N4O. The molecule has 0 saturated carbocycles. The Morgan fingerprint density at radius 3 is 2.00 bits per heavy atom. The Labute approximate surface area is 99.9 Å². The largest absolute Gasteiger partial charge is 0.369 e. The highest BCUT2D eigenvalue weighted by Crippen LogP contribution is 2.19. The number of nitrogens with zero attached hydrogens (tertiary/aromatic N) is 4. The van der Waals surface area contributed by atoms with E-state index < -0.39 is 0 Å². The molecule has 5 nitrogen and oxygen atoms in total. The summed E-state index contributed by atoms with van der Waals surface area (Å²) in [6.07, 6.45) is 0.804. The number of hydrogen-bond donors (Lipinski definition) is 0. The van der Waals surface area contributed by atoms with Gasteiger partial charge in [0.25, 0.3) is 0 Å². The molecule has 0 atom stereocenters. The predicted octanol–water partition coefficient (Wildman–Crippen LogP) is 2.72. The van der Waals surface area contributed by atoms with Crippen molar-refractivity contribution in [2.75, 3.05) is 18.0 Å². The van der Waals surface area contributed by atoms with E-state index in [2.05, 4.69) is 17.3 Å². The minimum absolute atomic E-state index is 0.370. The Morgan fingerprint density at radius 2 is 1.59 bits per heavy atom. The van der Waals surface area contributed by atoms with Crippen LogP contribution in [0.25, 0.3) is 0 Å². The molecule has 86 valence electrons. The van der Waals surface area contributed by atoms with Gasteiger partial charge in [-0.3, -0.25) is 0 Å². The summed E-state index contributed by atoms with van der Waals surface area (Å²) in [5.74, 6) is 0. The lowest BCUT2D eigenvalue weighted by molar-refractivity contribution is 0.796. The van der Waals surface area contributed by atoms with Crippen LogP contribution in [0.4, 0.5) is 11.4 Å². The van der Waals surface area contributed by atoms with E-state index in [1.54, 1.807) is 24.3 Å². The molecule has 0 aromatic heterocycles. The zero-order valence-electron chi connectivity index (χ0n) is 9.33. The third kappa shape index (κ3) is 3.92. The van der Waals surface area contributed by atoms with Gasteiger partial charge in [0.2, 0.25) is 0 Å². The van der Waals surface area contributed by atoms with E-state index in [0.29, 0.717) is 31.6 Å². The van der Waals surface area contributed by atoms with Gasteiger partial charge in [-0.05, 0) is 29.4 Å². The Morgan fingerprint density at radius 1 is 1.06 bits per heavy atom. The summed E-state index contributed by atoms with van der Waals surface area (Å²) < 4.78 is 0. The molecule has 1 aromatic rings. The molecule has 0 unspecified atom stereocenters. The van der Waals surface area contributed by atoms with Crippen LogP contribution in [0.1, 0.15) is 12.8 Å². The van der Waals surface area contributed by atoms with Crippen molar-refractivity contribution in [1.29, 1.82) is 10.5 Å². The van der Waals surface area contributed by atoms with Crippen molar-refractivity contribution in [2.45, 2.75) is 12.8 Å². The first-order valence-corrected chi connectivity index (χ1v) is 5.24. The topological polar surface area (TPSA) is 80.2 Å². The van der Waals surface area contributed by atoms with Crippen LogP contribution in [-0.2, 0) is 0 Å². The molecule has 17 heavy (non-hydrogen) atoms. The molecular weight excluding hydrogens is 216 g/mol. The molecule has 1 aromatic carbocycles. The van der Waals surface area contributed by atoms with Crippen molar-refractivity contribution in [3.05, 3.63) is 29.2 Å². The third-order valence-corrected chi connectivity index (χ3v) is 2.31. The van der Waals surface area contributed by atoms with Gasteiger partial charge >= 0.3 is 0 Å². The van der Waals surface area contributed by atoms with Crippen molar-refractivity contribution in [3.63, 3.8) is 0 Å². The van der Waals surface area contributed by atoms with Crippen LogP contribution in [0.3, 0.4) is 0 Å². The second kappa shape index (κ2) is 6.97. The number of benzene rings is 1. The summed E-state index contributed by atoms with van der Waals surface area (Å²) in [5.41, 5.74) is 1.26. The smallest absolute Gasteiger partial charge is 0.108 e. The van der Waals surface area contributed by atoms with E-state index in [4.69, 9.17) is 10.5 Å². The number of nitroso groups, excluding NO2 is 1. The van der Waals surface area contributed by atoms with Crippen LogP contribution in [0, 0.1) is 27.6 Å². The van der Waals surface area contributed by atoms with Crippen LogP contribution < -0.4 is 4.90 Å². The van der Waals surface area contributed by atoms with Crippen LogP contribution in [0.15, 0.2) is 29.4 Å². The fraction of sp³-hybridized carbons (Fsp3) is 0.333. The highest BCUT2D eigenvalue weighted by molar-refractivity contribution is 5.52. The van der Waals surface area contributed by atoms with E-state index in [0.717, 1.165) is 5.69 Å². The van der Waals surface area contributed by atoms with Gasteiger partial charge in [-0.25, -0.2) is 0 Å². The number of anilines is 1. The molecule has 0 aliphatic heterocycles. The lowest BCUT2D eigenvalue weighted by atomic mass is 10.2. The van der Waals surface area contributed by atoms with Gasteiger partial charge in [-0.1, -0.05) is 0 Å². The molecule has 0 N–H and O–H groups in total. The Kier molecular flexibility index (Phi) is 5.19. The fourth-order valence-corrected chi connectivity index (χ4v) is 1.46. The summed E-state index contributed by atoms with van der Waals surface area (Å²) in [6.45, 7) is 1.15. The van der Waals surface area contributed by atoms with E-state index in [-0.39, 0.29) is 0 Å². The van der Waals surface area contributed by atoms with Crippen molar-refractivity contribution >= 4 is 11.4 Å². The standard InChI is InChI=1S/C12H12N4O/c13-7-1-9-16(10-2-8-14)12-5-3-11(15-17)4-6-12/h3-6H,1-2,9-10H2. The molecule has 0 aliphatic carbocycles.